The van der Waals surface area contributed by atoms with Crippen molar-refractivity contribution in [3.8, 4) is 0 Å². The van der Waals surface area contributed by atoms with Crippen molar-refractivity contribution in [2.45, 2.75) is 25.3 Å². The van der Waals surface area contributed by atoms with Crippen LogP contribution in [0.2, 0.25) is 0 Å². The Balaban J connectivity index is 1.66. The Morgan fingerprint density at radius 2 is 1.77 bits per heavy atom. The molecule has 112 valence electrons. The van der Waals surface area contributed by atoms with Gasteiger partial charge in [-0.05, 0) is 30.4 Å². The normalized spacial score (nSPS) is 16.6. The van der Waals surface area contributed by atoms with Gasteiger partial charge in [0.15, 0.2) is 5.69 Å². The molecule has 1 unspecified atom stereocenters. The van der Waals surface area contributed by atoms with Gasteiger partial charge >= 0.3 is 5.97 Å². The van der Waals surface area contributed by atoms with E-state index in [0.29, 0.717) is 0 Å². The van der Waals surface area contributed by atoms with Crippen molar-refractivity contribution < 1.29 is 14.7 Å². The van der Waals surface area contributed by atoms with Crippen molar-refractivity contribution in [1.29, 1.82) is 0 Å². The van der Waals surface area contributed by atoms with Gasteiger partial charge in [0.05, 0.1) is 12.4 Å². The molecule has 0 saturated heterocycles. The minimum atomic E-state index is -1.16. The average molecular weight is 297 g/mol. The van der Waals surface area contributed by atoms with E-state index in [1.807, 2.05) is 12.1 Å². The fraction of sp³-hybridized carbons (Fsp3) is 0.250. The quantitative estimate of drug-likeness (QED) is 0.895. The molecule has 0 aliphatic heterocycles. The molecule has 1 amide bonds. The second kappa shape index (κ2) is 5.93. The number of carboxylic acid groups (broad SMARTS) is 1. The summed E-state index contributed by atoms with van der Waals surface area (Å²) in [5.41, 5.74) is 2.54. The third-order valence-electron chi connectivity index (χ3n) is 3.79. The maximum absolute atomic E-state index is 12.1. The van der Waals surface area contributed by atoms with E-state index in [1.165, 1.54) is 17.3 Å². The molecule has 0 radical (unpaired) electrons. The fourth-order valence-corrected chi connectivity index (χ4v) is 2.64. The van der Waals surface area contributed by atoms with Gasteiger partial charge in [-0.15, -0.1) is 0 Å². The number of rotatable bonds is 3. The number of aryl methyl sites for hydroxylation is 1. The van der Waals surface area contributed by atoms with E-state index in [9.17, 15) is 9.59 Å². The smallest absolute Gasteiger partial charge is 0.356 e. The summed E-state index contributed by atoms with van der Waals surface area (Å²) in [7, 11) is 0. The van der Waals surface area contributed by atoms with Crippen LogP contribution in [0.5, 0.6) is 0 Å². The maximum atomic E-state index is 12.1. The Labute approximate surface area is 127 Å². The first kappa shape index (κ1) is 14.2. The largest absolute Gasteiger partial charge is 0.476 e. The zero-order valence-corrected chi connectivity index (χ0v) is 11.8. The minimum Gasteiger partial charge on any atom is -0.476 e. The molecule has 1 aliphatic carbocycles. The minimum absolute atomic E-state index is 0.0587. The molecule has 0 bridgehead atoms. The van der Waals surface area contributed by atoms with Crippen LogP contribution >= 0.6 is 0 Å². The summed E-state index contributed by atoms with van der Waals surface area (Å²) < 4.78 is 0. The van der Waals surface area contributed by atoms with E-state index in [-0.39, 0.29) is 23.3 Å². The summed E-state index contributed by atoms with van der Waals surface area (Å²) in [6.45, 7) is 0. The molecule has 1 atom stereocenters. The number of carbonyl (C=O) groups excluding carboxylic acids is 1. The Morgan fingerprint density at radius 1 is 1.09 bits per heavy atom. The lowest BCUT2D eigenvalue weighted by molar-refractivity contribution is 0.0688. The van der Waals surface area contributed by atoms with Crippen molar-refractivity contribution >= 4 is 11.9 Å². The molecule has 2 N–H and O–H groups in total. The molecular weight excluding hydrogens is 282 g/mol. The molecule has 1 aromatic heterocycles. The predicted molar refractivity (Wildman–Crippen MR) is 78.7 cm³/mol. The van der Waals surface area contributed by atoms with Gasteiger partial charge in [0.25, 0.3) is 5.91 Å². The second-order valence-electron chi connectivity index (χ2n) is 5.27. The van der Waals surface area contributed by atoms with Crippen molar-refractivity contribution in [2.75, 3.05) is 0 Å². The summed E-state index contributed by atoms with van der Waals surface area (Å²) in [6, 6.07) is 8.28. The van der Waals surface area contributed by atoms with Crippen LogP contribution in [0.3, 0.4) is 0 Å². The zero-order chi connectivity index (χ0) is 15.5. The Bertz CT molecular complexity index is 713. The van der Waals surface area contributed by atoms with Crippen LogP contribution in [-0.4, -0.2) is 33.0 Å². The van der Waals surface area contributed by atoms with Crippen LogP contribution in [0.25, 0.3) is 0 Å². The number of hydrogen-bond acceptors (Lipinski definition) is 4. The number of hydrogen-bond donors (Lipinski definition) is 2. The highest BCUT2D eigenvalue weighted by Gasteiger charge is 2.21. The summed E-state index contributed by atoms with van der Waals surface area (Å²) in [5, 5.41) is 11.7. The summed E-state index contributed by atoms with van der Waals surface area (Å²) >= 11 is 0. The first-order valence-electron chi connectivity index (χ1n) is 7.06. The Hall–Kier alpha value is -2.76. The monoisotopic (exact) mass is 297 g/mol. The number of fused-ring (bicyclic) bond motifs is 1. The van der Waals surface area contributed by atoms with Crippen molar-refractivity contribution in [2.24, 2.45) is 0 Å². The van der Waals surface area contributed by atoms with Gasteiger partial charge in [-0.1, -0.05) is 24.3 Å². The highest BCUT2D eigenvalue weighted by atomic mass is 16.4. The number of aromatic carboxylic acids is 1. The van der Waals surface area contributed by atoms with Crippen LogP contribution in [0, 0.1) is 0 Å². The van der Waals surface area contributed by atoms with Crippen LogP contribution in [0.1, 0.15) is 38.5 Å². The first-order valence-corrected chi connectivity index (χ1v) is 7.06. The molecular formula is C16H15N3O3. The summed E-state index contributed by atoms with van der Waals surface area (Å²) in [4.78, 5) is 30.4. The number of benzene rings is 1. The lowest BCUT2D eigenvalue weighted by atomic mass is 9.88. The lowest BCUT2D eigenvalue weighted by Gasteiger charge is -2.25. The van der Waals surface area contributed by atoms with Gasteiger partial charge in [-0.3, -0.25) is 4.79 Å². The fourth-order valence-electron chi connectivity index (χ4n) is 2.64. The molecule has 0 fully saturated rings. The molecule has 22 heavy (non-hydrogen) atoms. The van der Waals surface area contributed by atoms with Gasteiger partial charge in [-0.25, -0.2) is 14.8 Å². The molecule has 1 aromatic carbocycles. The van der Waals surface area contributed by atoms with Crippen molar-refractivity contribution in [3.05, 3.63) is 59.2 Å². The maximum Gasteiger partial charge on any atom is 0.356 e. The third-order valence-corrected chi connectivity index (χ3v) is 3.79. The molecule has 0 saturated carbocycles. The lowest BCUT2D eigenvalue weighted by Crippen LogP contribution is -2.39. The third kappa shape index (κ3) is 2.95. The summed E-state index contributed by atoms with van der Waals surface area (Å²) in [6.07, 6.45) is 4.89. The molecule has 6 heteroatoms. The van der Waals surface area contributed by atoms with E-state index < -0.39 is 5.97 Å². The first-order chi connectivity index (χ1) is 10.6. The highest BCUT2D eigenvalue weighted by Crippen LogP contribution is 2.21. The van der Waals surface area contributed by atoms with Crippen LogP contribution in [-0.2, 0) is 12.8 Å². The molecule has 1 aliphatic rings. The van der Waals surface area contributed by atoms with Gasteiger partial charge < -0.3 is 10.4 Å². The van der Waals surface area contributed by atoms with E-state index in [2.05, 4.69) is 27.4 Å². The molecule has 0 spiro atoms. The number of amides is 1. The second-order valence-corrected chi connectivity index (χ2v) is 5.27. The van der Waals surface area contributed by atoms with Gasteiger partial charge in [0, 0.05) is 6.04 Å². The van der Waals surface area contributed by atoms with Crippen LogP contribution in [0.4, 0.5) is 0 Å². The van der Waals surface area contributed by atoms with E-state index in [0.717, 1.165) is 25.5 Å². The number of carbonyl (C=O) groups is 2. The van der Waals surface area contributed by atoms with Gasteiger partial charge in [-0.2, -0.15) is 0 Å². The van der Waals surface area contributed by atoms with Crippen LogP contribution in [0.15, 0.2) is 36.7 Å². The molecule has 1 heterocycles. The summed E-state index contributed by atoms with van der Waals surface area (Å²) in [5.74, 6) is -1.49. The Kier molecular flexibility index (Phi) is 3.82. The topological polar surface area (TPSA) is 92.2 Å². The number of nitrogens with one attached hydrogen (secondary N) is 1. The van der Waals surface area contributed by atoms with E-state index in [4.69, 9.17) is 5.11 Å². The van der Waals surface area contributed by atoms with Crippen LogP contribution < -0.4 is 5.32 Å². The molecule has 2 aromatic rings. The zero-order valence-electron chi connectivity index (χ0n) is 11.8. The van der Waals surface area contributed by atoms with E-state index in [1.54, 1.807) is 0 Å². The average Bonchev–Trinajstić information content (AvgIpc) is 2.55. The molecule has 6 nitrogen and oxygen atoms in total. The van der Waals surface area contributed by atoms with Gasteiger partial charge in [0.2, 0.25) is 0 Å². The van der Waals surface area contributed by atoms with Crippen molar-refractivity contribution in [1.82, 2.24) is 15.3 Å². The molecule has 3 rings (SSSR count). The van der Waals surface area contributed by atoms with Crippen molar-refractivity contribution in [3.63, 3.8) is 0 Å². The SMILES string of the molecule is O=C(O)c1cnc(C(=O)NC2CCc3ccccc3C2)cn1. The Morgan fingerprint density at radius 3 is 2.45 bits per heavy atom. The highest BCUT2D eigenvalue weighted by molar-refractivity contribution is 5.93. The standard InChI is InChI=1S/C16H15N3O3/c20-15(13-8-18-14(9-17-13)16(21)22)19-12-6-5-10-3-1-2-4-11(10)7-12/h1-4,8-9,12H,5-7H2,(H,19,20)(H,21,22). The number of carboxylic acids is 1. The van der Waals surface area contributed by atoms with E-state index >= 15 is 0 Å². The van der Waals surface area contributed by atoms with Gasteiger partial charge in [0.1, 0.15) is 5.69 Å². The predicted octanol–water partition coefficient (Wildman–Crippen LogP) is 1.46. The number of aromatic nitrogens is 2. The number of nitrogens with zero attached hydrogens (tertiary/aromatic N) is 2.